The van der Waals surface area contributed by atoms with Gasteiger partial charge in [-0.05, 0) is 58.3 Å². The van der Waals surface area contributed by atoms with Crippen LogP contribution in [-0.2, 0) is 16.1 Å². The minimum absolute atomic E-state index is 0.380. The Hall–Kier alpha value is -3.31. The highest BCUT2D eigenvalue weighted by molar-refractivity contribution is 9.10. The summed E-state index contributed by atoms with van der Waals surface area (Å²) in [4.78, 5) is 12.4. The summed E-state index contributed by atoms with van der Waals surface area (Å²) >= 11 is 3.57. The predicted octanol–water partition coefficient (Wildman–Crippen LogP) is 6.33. The molecular formula is C26H21BrO4. The fourth-order valence-electron chi connectivity index (χ4n) is 3.22. The first-order chi connectivity index (χ1) is 15.0. The maximum Gasteiger partial charge on any atom is 0.343 e. The van der Waals surface area contributed by atoms with E-state index < -0.39 is 0 Å². The highest BCUT2D eigenvalue weighted by Crippen LogP contribution is 2.38. The molecule has 0 saturated heterocycles. The van der Waals surface area contributed by atoms with E-state index in [9.17, 15) is 4.79 Å². The smallest absolute Gasteiger partial charge is 0.343 e. The fourth-order valence-corrected chi connectivity index (χ4v) is 3.80. The Morgan fingerprint density at radius 1 is 1.03 bits per heavy atom. The Balaban J connectivity index is 1.59. The lowest BCUT2D eigenvalue weighted by atomic mass is 10.1. The number of hydrogen-bond donors (Lipinski definition) is 0. The largest absolute Gasteiger partial charge is 0.493 e. The third kappa shape index (κ3) is 4.89. The Bertz CT molecular complexity index is 1160. The molecule has 0 atom stereocenters. The molecule has 0 radical (unpaired) electrons. The maximum atomic E-state index is 12.4. The van der Waals surface area contributed by atoms with Gasteiger partial charge in [0, 0.05) is 5.56 Å². The molecule has 156 valence electrons. The molecule has 0 spiro atoms. The van der Waals surface area contributed by atoms with Crippen LogP contribution in [0.4, 0.5) is 0 Å². The van der Waals surface area contributed by atoms with Crippen molar-refractivity contribution in [3.8, 4) is 11.5 Å². The van der Waals surface area contributed by atoms with E-state index in [1.54, 1.807) is 19.3 Å². The van der Waals surface area contributed by atoms with E-state index in [1.807, 2.05) is 73.7 Å². The molecule has 0 N–H and O–H groups in total. The molecule has 0 aromatic heterocycles. The van der Waals surface area contributed by atoms with Gasteiger partial charge in [0.05, 0.1) is 17.2 Å². The van der Waals surface area contributed by atoms with E-state index in [-0.39, 0.29) is 5.97 Å². The SMILES string of the molecule is COc1cc(C=C2C=C(c3ccc(C)cc3)OC2=O)cc(Br)c1OCc1ccccc1. The lowest BCUT2D eigenvalue weighted by molar-refractivity contribution is -0.130. The van der Waals surface area contributed by atoms with Gasteiger partial charge in [0.2, 0.25) is 0 Å². The summed E-state index contributed by atoms with van der Waals surface area (Å²) in [5.74, 6) is 1.35. The minimum atomic E-state index is -0.380. The summed E-state index contributed by atoms with van der Waals surface area (Å²) in [6.07, 6.45) is 3.53. The van der Waals surface area contributed by atoms with Gasteiger partial charge in [-0.15, -0.1) is 0 Å². The van der Waals surface area contributed by atoms with E-state index in [2.05, 4.69) is 15.9 Å². The molecular weight excluding hydrogens is 456 g/mol. The lowest BCUT2D eigenvalue weighted by Crippen LogP contribution is -1.99. The summed E-state index contributed by atoms with van der Waals surface area (Å²) in [7, 11) is 1.59. The van der Waals surface area contributed by atoms with Crippen LogP contribution in [0.25, 0.3) is 11.8 Å². The van der Waals surface area contributed by atoms with Crippen molar-refractivity contribution in [2.45, 2.75) is 13.5 Å². The van der Waals surface area contributed by atoms with Gasteiger partial charge in [-0.2, -0.15) is 0 Å². The number of methoxy groups -OCH3 is 1. The van der Waals surface area contributed by atoms with Crippen LogP contribution in [0.15, 0.2) is 82.9 Å². The van der Waals surface area contributed by atoms with Gasteiger partial charge in [0.25, 0.3) is 0 Å². The Labute approximate surface area is 189 Å². The van der Waals surface area contributed by atoms with Gasteiger partial charge < -0.3 is 14.2 Å². The summed E-state index contributed by atoms with van der Waals surface area (Å²) in [5.41, 5.74) is 4.35. The minimum Gasteiger partial charge on any atom is -0.493 e. The molecule has 0 saturated carbocycles. The zero-order valence-electron chi connectivity index (χ0n) is 17.2. The first-order valence-electron chi connectivity index (χ1n) is 9.80. The van der Waals surface area contributed by atoms with Crippen LogP contribution >= 0.6 is 15.9 Å². The highest BCUT2D eigenvalue weighted by atomic mass is 79.9. The van der Waals surface area contributed by atoms with Crippen molar-refractivity contribution in [2.75, 3.05) is 7.11 Å². The van der Waals surface area contributed by atoms with Gasteiger partial charge in [-0.25, -0.2) is 4.79 Å². The molecule has 0 bridgehead atoms. The second-order valence-electron chi connectivity index (χ2n) is 7.17. The second-order valence-corrected chi connectivity index (χ2v) is 8.03. The molecule has 0 fully saturated rings. The van der Waals surface area contributed by atoms with Gasteiger partial charge in [-0.1, -0.05) is 60.2 Å². The van der Waals surface area contributed by atoms with Crippen molar-refractivity contribution >= 4 is 33.7 Å². The third-order valence-corrected chi connectivity index (χ3v) is 5.45. The number of ether oxygens (including phenoxy) is 3. The number of esters is 1. The molecule has 1 heterocycles. The first kappa shape index (κ1) is 20.9. The predicted molar refractivity (Wildman–Crippen MR) is 125 cm³/mol. The van der Waals surface area contributed by atoms with E-state index in [0.717, 1.165) is 26.7 Å². The van der Waals surface area contributed by atoms with E-state index in [1.165, 1.54) is 0 Å². The number of benzene rings is 3. The molecule has 3 aromatic carbocycles. The monoisotopic (exact) mass is 476 g/mol. The average Bonchev–Trinajstić information content (AvgIpc) is 3.14. The van der Waals surface area contributed by atoms with Gasteiger partial charge >= 0.3 is 5.97 Å². The number of cyclic esters (lactones) is 1. The summed E-state index contributed by atoms with van der Waals surface area (Å²) in [6, 6.07) is 21.5. The van der Waals surface area contributed by atoms with E-state index in [4.69, 9.17) is 14.2 Å². The normalized spacial score (nSPS) is 14.4. The maximum absolute atomic E-state index is 12.4. The first-order valence-corrected chi connectivity index (χ1v) is 10.6. The van der Waals surface area contributed by atoms with Crippen LogP contribution in [0.3, 0.4) is 0 Å². The lowest BCUT2D eigenvalue weighted by Gasteiger charge is -2.13. The van der Waals surface area contributed by atoms with Crippen molar-refractivity contribution in [3.63, 3.8) is 0 Å². The van der Waals surface area contributed by atoms with Crippen LogP contribution in [0.2, 0.25) is 0 Å². The van der Waals surface area contributed by atoms with Crippen molar-refractivity contribution < 1.29 is 19.0 Å². The quantitative estimate of drug-likeness (QED) is 0.308. The molecule has 1 aliphatic heterocycles. The average molecular weight is 477 g/mol. The zero-order valence-corrected chi connectivity index (χ0v) is 18.8. The van der Waals surface area contributed by atoms with Crippen molar-refractivity contribution in [2.24, 2.45) is 0 Å². The number of halogens is 1. The molecule has 4 nitrogen and oxygen atoms in total. The van der Waals surface area contributed by atoms with Crippen molar-refractivity contribution in [1.29, 1.82) is 0 Å². The highest BCUT2D eigenvalue weighted by Gasteiger charge is 2.22. The molecule has 1 aliphatic rings. The summed E-state index contributed by atoms with van der Waals surface area (Å²) in [5, 5.41) is 0. The van der Waals surface area contributed by atoms with Crippen LogP contribution < -0.4 is 9.47 Å². The fraction of sp³-hybridized carbons (Fsp3) is 0.115. The molecule has 0 unspecified atom stereocenters. The zero-order chi connectivity index (χ0) is 21.8. The van der Waals surface area contributed by atoms with E-state index >= 15 is 0 Å². The summed E-state index contributed by atoms with van der Waals surface area (Å²) in [6.45, 7) is 2.44. The number of hydrogen-bond acceptors (Lipinski definition) is 4. The summed E-state index contributed by atoms with van der Waals surface area (Å²) < 4.78 is 17.7. The van der Waals surface area contributed by atoms with Crippen molar-refractivity contribution in [3.05, 3.63) is 105 Å². The standard InChI is InChI=1S/C26H21BrO4/c1-17-8-10-20(11-9-17)23-15-21(26(28)31-23)12-19-13-22(27)25(24(14-19)29-2)30-16-18-6-4-3-5-7-18/h3-15H,16H2,1-2H3. The topological polar surface area (TPSA) is 44.8 Å². The number of carbonyl (C=O) groups is 1. The Morgan fingerprint density at radius 2 is 1.77 bits per heavy atom. The Morgan fingerprint density at radius 3 is 2.48 bits per heavy atom. The Kier molecular flexibility index (Phi) is 6.23. The van der Waals surface area contributed by atoms with Crippen molar-refractivity contribution in [1.82, 2.24) is 0 Å². The second kappa shape index (κ2) is 9.23. The number of rotatable bonds is 6. The number of aryl methyl sites for hydroxylation is 1. The van der Waals surface area contributed by atoms with Gasteiger partial charge in [-0.3, -0.25) is 0 Å². The van der Waals surface area contributed by atoms with E-state index in [0.29, 0.717) is 29.4 Å². The molecule has 0 amide bonds. The van der Waals surface area contributed by atoms with Crippen LogP contribution in [-0.4, -0.2) is 13.1 Å². The van der Waals surface area contributed by atoms with Crippen LogP contribution in [0.1, 0.15) is 22.3 Å². The van der Waals surface area contributed by atoms with Crippen LogP contribution in [0, 0.1) is 6.92 Å². The number of carbonyl (C=O) groups excluding carboxylic acids is 1. The molecule has 4 rings (SSSR count). The molecule has 3 aromatic rings. The van der Waals surface area contributed by atoms with Gasteiger partial charge in [0.1, 0.15) is 12.4 Å². The molecule has 0 aliphatic carbocycles. The molecule has 31 heavy (non-hydrogen) atoms. The third-order valence-electron chi connectivity index (χ3n) is 4.86. The van der Waals surface area contributed by atoms with Gasteiger partial charge in [0.15, 0.2) is 11.5 Å². The molecule has 5 heteroatoms. The van der Waals surface area contributed by atoms with Crippen LogP contribution in [0.5, 0.6) is 11.5 Å².